The average molecular weight is 134 g/mol. The van der Waals surface area contributed by atoms with E-state index in [0.29, 0.717) is 6.61 Å². The Hall–Kier alpha value is -0.160. The van der Waals surface area contributed by atoms with Crippen molar-refractivity contribution in [1.82, 2.24) is 0 Å². The topological polar surface area (TPSA) is 58.9 Å². The summed E-state index contributed by atoms with van der Waals surface area (Å²) in [6.45, 7) is 0.339. The molecule has 0 aliphatic carbocycles. The second-order valence-corrected chi connectivity index (χ2v) is 2.07. The molecule has 1 aliphatic rings. The van der Waals surface area contributed by atoms with Crippen LogP contribution in [0, 0.1) is 0 Å². The number of hydrogen-bond acceptors (Lipinski definition) is 4. The third-order valence-electron chi connectivity index (χ3n) is 1.33. The molecule has 0 bridgehead atoms. The molecule has 0 aromatic carbocycles. The molecule has 0 aromatic heterocycles. The van der Waals surface area contributed by atoms with E-state index in [1.165, 1.54) is 7.11 Å². The molecule has 0 amide bonds. The lowest BCUT2D eigenvalue weighted by atomic mass is 10.2. The van der Waals surface area contributed by atoms with Crippen LogP contribution in [-0.4, -0.2) is 36.0 Å². The van der Waals surface area contributed by atoms with E-state index in [2.05, 4.69) is 4.74 Å². The highest BCUT2D eigenvalue weighted by Crippen LogP contribution is 2.22. The van der Waals surface area contributed by atoms with Crippen LogP contribution in [0.15, 0.2) is 0 Å². The zero-order valence-electron chi connectivity index (χ0n) is 5.20. The van der Waals surface area contributed by atoms with Crippen molar-refractivity contribution in [3.8, 4) is 0 Å². The Bertz CT molecular complexity index is 101. The van der Waals surface area contributed by atoms with Gasteiger partial charge in [0.2, 0.25) is 12.1 Å². The van der Waals surface area contributed by atoms with E-state index in [0.717, 1.165) is 0 Å². The molecular weight excluding hydrogens is 124 g/mol. The number of ether oxygens (including phenoxy) is 2. The van der Waals surface area contributed by atoms with Crippen molar-refractivity contribution in [3.05, 3.63) is 0 Å². The van der Waals surface area contributed by atoms with Crippen LogP contribution in [-0.2, 0) is 9.47 Å². The van der Waals surface area contributed by atoms with Crippen molar-refractivity contribution >= 4 is 0 Å². The molecule has 1 unspecified atom stereocenters. The molecule has 1 heterocycles. The first-order chi connectivity index (χ1) is 4.17. The minimum absolute atomic E-state index is 0.214. The molecular formula is C5H10O4. The van der Waals surface area contributed by atoms with Crippen LogP contribution >= 0.6 is 0 Å². The van der Waals surface area contributed by atoms with Crippen LogP contribution in [0.1, 0.15) is 6.42 Å². The third kappa shape index (κ3) is 1.21. The van der Waals surface area contributed by atoms with Crippen molar-refractivity contribution < 1.29 is 19.7 Å². The molecule has 0 saturated carbocycles. The summed E-state index contributed by atoms with van der Waals surface area (Å²) in [5.41, 5.74) is 0. The van der Waals surface area contributed by atoms with Gasteiger partial charge in [0.15, 0.2) is 0 Å². The Morgan fingerprint density at radius 1 is 1.67 bits per heavy atom. The lowest BCUT2D eigenvalue weighted by Gasteiger charge is -2.19. The predicted octanol–water partition coefficient (Wildman–Crippen LogP) is -0.940. The fourth-order valence-corrected chi connectivity index (χ4v) is 0.824. The molecule has 4 heteroatoms. The normalized spacial score (nSPS) is 33.0. The summed E-state index contributed by atoms with van der Waals surface area (Å²) in [6, 6.07) is 0. The number of methoxy groups -OCH3 is 1. The van der Waals surface area contributed by atoms with Gasteiger partial charge in [-0.25, -0.2) is 0 Å². The van der Waals surface area contributed by atoms with E-state index in [4.69, 9.17) is 14.9 Å². The quantitative estimate of drug-likeness (QED) is 0.454. The Morgan fingerprint density at radius 3 is 2.56 bits per heavy atom. The van der Waals surface area contributed by atoms with Crippen LogP contribution in [0.25, 0.3) is 0 Å². The molecule has 1 rings (SSSR count). The van der Waals surface area contributed by atoms with Gasteiger partial charge in [-0.2, -0.15) is 0 Å². The van der Waals surface area contributed by atoms with Crippen LogP contribution in [0.2, 0.25) is 0 Å². The first-order valence-corrected chi connectivity index (χ1v) is 2.76. The van der Waals surface area contributed by atoms with Crippen molar-refractivity contribution in [2.24, 2.45) is 0 Å². The summed E-state index contributed by atoms with van der Waals surface area (Å²) in [6.07, 6.45) is -0.664. The SMILES string of the molecule is COC1OCCC1(O)O. The molecule has 4 nitrogen and oxygen atoms in total. The molecule has 54 valence electrons. The van der Waals surface area contributed by atoms with E-state index in [9.17, 15) is 0 Å². The van der Waals surface area contributed by atoms with Crippen LogP contribution in [0.4, 0.5) is 0 Å². The Balaban J connectivity index is 2.52. The Labute approximate surface area is 53.0 Å². The second-order valence-electron chi connectivity index (χ2n) is 2.07. The minimum Gasteiger partial charge on any atom is -0.362 e. The van der Waals surface area contributed by atoms with Crippen molar-refractivity contribution in [2.75, 3.05) is 13.7 Å². The highest BCUT2D eigenvalue weighted by molar-refractivity contribution is 4.74. The maximum atomic E-state index is 8.96. The van der Waals surface area contributed by atoms with Crippen LogP contribution < -0.4 is 0 Å². The summed E-state index contributed by atoms with van der Waals surface area (Å²) in [7, 11) is 1.37. The summed E-state index contributed by atoms with van der Waals surface area (Å²) in [4.78, 5) is 0. The van der Waals surface area contributed by atoms with Gasteiger partial charge in [-0.15, -0.1) is 0 Å². The lowest BCUT2D eigenvalue weighted by molar-refractivity contribution is -0.268. The second kappa shape index (κ2) is 2.22. The summed E-state index contributed by atoms with van der Waals surface area (Å²) < 4.78 is 9.40. The molecule has 0 aromatic rings. The third-order valence-corrected chi connectivity index (χ3v) is 1.33. The molecule has 1 aliphatic heterocycles. The molecule has 0 radical (unpaired) electrons. The molecule has 0 spiro atoms. The standard InChI is InChI=1S/C5H10O4/c1-8-4-5(6,7)2-3-9-4/h4,6-7H,2-3H2,1H3. The van der Waals surface area contributed by atoms with Gasteiger partial charge >= 0.3 is 0 Å². The number of hydrogen-bond donors (Lipinski definition) is 2. The maximum Gasteiger partial charge on any atom is 0.217 e. The molecule has 1 saturated heterocycles. The van der Waals surface area contributed by atoms with E-state index < -0.39 is 12.1 Å². The van der Waals surface area contributed by atoms with Gasteiger partial charge in [0, 0.05) is 13.5 Å². The fourth-order valence-electron chi connectivity index (χ4n) is 0.824. The van der Waals surface area contributed by atoms with E-state index >= 15 is 0 Å². The number of aliphatic hydroxyl groups is 2. The largest absolute Gasteiger partial charge is 0.362 e. The highest BCUT2D eigenvalue weighted by atomic mass is 16.7. The molecule has 9 heavy (non-hydrogen) atoms. The van der Waals surface area contributed by atoms with E-state index in [1.807, 2.05) is 0 Å². The van der Waals surface area contributed by atoms with E-state index in [-0.39, 0.29) is 6.42 Å². The maximum absolute atomic E-state index is 8.96. The van der Waals surface area contributed by atoms with Gasteiger partial charge in [-0.1, -0.05) is 0 Å². The molecule has 1 fully saturated rings. The van der Waals surface area contributed by atoms with Gasteiger partial charge in [-0.05, 0) is 0 Å². The minimum atomic E-state index is -1.78. The highest BCUT2D eigenvalue weighted by Gasteiger charge is 2.40. The summed E-state index contributed by atoms with van der Waals surface area (Å²) in [5.74, 6) is -1.78. The van der Waals surface area contributed by atoms with Crippen molar-refractivity contribution in [1.29, 1.82) is 0 Å². The van der Waals surface area contributed by atoms with E-state index in [1.54, 1.807) is 0 Å². The van der Waals surface area contributed by atoms with Gasteiger partial charge in [0.05, 0.1) is 6.61 Å². The van der Waals surface area contributed by atoms with Crippen molar-refractivity contribution in [2.45, 2.75) is 18.5 Å². The number of rotatable bonds is 1. The van der Waals surface area contributed by atoms with Gasteiger partial charge in [-0.3, -0.25) is 0 Å². The predicted molar refractivity (Wildman–Crippen MR) is 28.5 cm³/mol. The van der Waals surface area contributed by atoms with Gasteiger partial charge in [0.1, 0.15) is 0 Å². The van der Waals surface area contributed by atoms with Crippen LogP contribution in [0.3, 0.4) is 0 Å². The first-order valence-electron chi connectivity index (χ1n) is 2.76. The zero-order chi connectivity index (χ0) is 6.91. The summed E-state index contributed by atoms with van der Waals surface area (Å²) in [5, 5.41) is 17.9. The molecule has 2 N–H and O–H groups in total. The smallest absolute Gasteiger partial charge is 0.217 e. The Morgan fingerprint density at radius 2 is 2.33 bits per heavy atom. The summed E-state index contributed by atoms with van der Waals surface area (Å²) >= 11 is 0. The molecule has 1 atom stereocenters. The fraction of sp³-hybridized carbons (Fsp3) is 1.00. The van der Waals surface area contributed by atoms with Gasteiger partial charge < -0.3 is 19.7 Å². The van der Waals surface area contributed by atoms with Crippen molar-refractivity contribution in [3.63, 3.8) is 0 Å². The zero-order valence-corrected chi connectivity index (χ0v) is 5.20. The van der Waals surface area contributed by atoms with Crippen LogP contribution in [0.5, 0.6) is 0 Å². The lowest BCUT2D eigenvalue weighted by Crippen LogP contribution is -2.38. The average Bonchev–Trinajstić information content (AvgIpc) is 2.08. The monoisotopic (exact) mass is 134 g/mol. The first kappa shape index (κ1) is 6.95. The Kier molecular flexibility index (Phi) is 1.72. The van der Waals surface area contributed by atoms with Gasteiger partial charge in [0.25, 0.3) is 0 Å².